The fraction of sp³-hybridized carbons (Fsp3) is 0. The highest BCUT2D eigenvalue weighted by Gasteiger charge is 2.21. The molecule has 0 bridgehead atoms. The van der Waals surface area contributed by atoms with Gasteiger partial charge in [0, 0.05) is 33.1 Å². The molecule has 12 aromatic rings. The second kappa shape index (κ2) is 15.8. The number of benzene rings is 11. The Bertz CT molecular complexity index is 3560. The average molecular weight is 815 g/mol. The number of hydrogen-bond donors (Lipinski definition) is 0. The Hall–Kier alpha value is -8.46. The minimum atomic E-state index is 1.08. The van der Waals surface area contributed by atoms with E-state index >= 15 is 0 Å². The molecule has 0 atom stereocenters. The largest absolute Gasteiger partial charge is 0.310 e. The van der Waals surface area contributed by atoms with Crippen molar-refractivity contribution in [3.05, 3.63) is 255 Å². The van der Waals surface area contributed by atoms with Crippen molar-refractivity contribution in [2.75, 3.05) is 4.90 Å². The van der Waals surface area contributed by atoms with Gasteiger partial charge < -0.3 is 9.47 Å². The lowest BCUT2D eigenvalue weighted by Crippen LogP contribution is -2.11. The second-order valence-corrected chi connectivity index (χ2v) is 16.5. The van der Waals surface area contributed by atoms with Gasteiger partial charge in [-0.15, -0.1) is 0 Å². The summed E-state index contributed by atoms with van der Waals surface area (Å²) in [5.74, 6) is 0. The van der Waals surface area contributed by atoms with Gasteiger partial charge in [-0.1, -0.05) is 206 Å². The molecule has 1 heterocycles. The summed E-state index contributed by atoms with van der Waals surface area (Å²) in [7, 11) is 0. The second-order valence-electron chi connectivity index (χ2n) is 16.5. The molecular weight excluding hydrogens is 773 g/mol. The lowest BCUT2D eigenvalue weighted by molar-refractivity contribution is 1.18. The van der Waals surface area contributed by atoms with Crippen LogP contribution in [-0.4, -0.2) is 4.57 Å². The van der Waals surface area contributed by atoms with Crippen LogP contribution >= 0.6 is 0 Å². The highest BCUT2D eigenvalue weighted by molar-refractivity contribution is 6.15. The maximum Gasteiger partial charge on any atom is 0.0547 e. The van der Waals surface area contributed by atoms with Crippen molar-refractivity contribution in [2.45, 2.75) is 0 Å². The summed E-state index contributed by atoms with van der Waals surface area (Å²) in [6.07, 6.45) is 0. The minimum Gasteiger partial charge on any atom is -0.310 e. The van der Waals surface area contributed by atoms with Crippen molar-refractivity contribution >= 4 is 60.4 Å². The predicted octanol–water partition coefficient (Wildman–Crippen LogP) is 17.2. The maximum absolute atomic E-state index is 2.49. The van der Waals surface area contributed by atoms with E-state index in [0.29, 0.717) is 0 Å². The summed E-state index contributed by atoms with van der Waals surface area (Å²) < 4.78 is 2.49. The molecule has 0 aliphatic rings. The summed E-state index contributed by atoms with van der Waals surface area (Å²) >= 11 is 0. The first-order valence-corrected chi connectivity index (χ1v) is 22.0. The van der Waals surface area contributed by atoms with E-state index in [9.17, 15) is 0 Å². The van der Waals surface area contributed by atoms with E-state index in [-0.39, 0.29) is 0 Å². The van der Waals surface area contributed by atoms with E-state index in [1.54, 1.807) is 0 Å². The summed E-state index contributed by atoms with van der Waals surface area (Å²) in [5.41, 5.74) is 16.2. The van der Waals surface area contributed by atoms with Gasteiger partial charge in [-0.05, 0) is 104 Å². The Balaban J connectivity index is 1.09. The van der Waals surface area contributed by atoms with Gasteiger partial charge in [0.1, 0.15) is 0 Å². The van der Waals surface area contributed by atoms with Crippen LogP contribution in [0.5, 0.6) is 0 Å². The first-order chi connectivity index (χ1) is 31.7. The summed E-state index contributed by atoms with van der Waals surface area (Å²) in [6.45, 7) is 0. The maximum atomic E-state index is 2.49. The quantitative estimate of drug-likeness (QED) is 0.139. The van der Waals surface area contributed by atoms with Gasteiger partial charge in [0.2, 0.25) is 0 Å². The van der Waals surface area contributed by atoms with Crippen LogP contribution in [0.4, 0.5) is 17.1 Å². The third-order valence-electron chi connectivity index (χ3n) is 12.7. The molecule has 2 heteroatoms. The molecule has 0 spiro atoms. The van der Waals surface area contributed by atoms with Crippen molar-refractivity contribution in [2.24, 2.45) is 0 Å². The number of rotatable bonds is 8. The van der Waals surface area contributed by atoms with Crippen LogP contribution in [0.3, 0.4) is 0 Å². The molecule has 2 nitrogen and oxygen atoms in total. The Morgan fingerprint density at radius 2 is 0.719 bits per heavy atom. The van der Waals surface area contributed by atoms with Crippen molar-refractivity contribution in [3.8, 4) is 50.2 Å². The molecule has 11 aromatic carbocycles. The van der Waals surface area contributed by atoms with Gasteiger partial charge in [-0.2, -0.15) is 0 Å². The highest BCUT2D eigenvalue weighted by atomic mass is 15.1. The number of hydrogen-bond acceptors (Lipinski definition) is 1. The Labute approximate surface area is 373 Å². The zero-order valence-corrected chi connectivity index (χ0v) is 35.1. The third-order valence-corrected chi connectivity index (χ3v) is 12.7. The average Bonchev–Trinajstić information content (AvgIpc) is 3.70. The molecule has 0 saturated heterocycles. The van der Waals surface area contributed by atoms with E-state index in [1.807, 2.05) is 0 Å². The molecule has 12 rings (SSSR count). The molecule has 0 unspecified atom stereocenters. The zero-order valence-electron chi connectivity index (χ0n) is 35.1. The molecule has 0 aliphatic carbocycles. The van der Waals surface area contributed by atoms with Gasteiger partial charge >= 0.3 is 0 Å². The topological polar surface area (TPSA) is 8.17 Å². The van der Waals surface area contributed by atoms with E-state index in [2.05, 4.69) is 264 Å². The number of anilines is 3. The summed E-state index contributed by atoms with van der Waals surface area (Å²) in [4.78, 5) is 2.45. The molecule has 1 aromatic heterocycles. The fourth-order valence-corrected chi connectivity index (χ4v) is 9.73. The lowest BCUT2D eigenvalue weighted by atomic mass is 9.97. The van der Waals surface area contributed by atoms with Gasteiger partial charge in [0.15, 0.2) is 0 Å². The Morgan fingerprint density at radius 3 is 1.33 bits per heavy atom. The van der Waals surface area contributed by atoms with E-state index in [4.69, 9.17) is 0 Å². The highest BCUT2D eigenvalue weighted by Crippen LogP contribution is 2.45. The Morgan fingerprint density at radius 1 is 0.266 bits per heavy atom. The molecule has 0 aliphatic heterocycles. The van der Waals surface area contributed by atoms with Crippen LogP contribution in [-0.2, 0) is 0 Å². The van der Waals surface area contributed by atoms with Crippen molar-refractivity contribution in [1.29, 1.82) is 0 Å². The number of aromatic nitrogens is 1. The minimum absolute atomic E-state index is 1.08. The monoisotopic (exact) mass is 814 g/mol. The van der Waals surface area contributed by atoms with Crippen LogP contribution in [0, 0.1) is 0 Å². The SMILES string of the molecule is c1ccc(-c2cccc(N(c3cccc(-c4ccccc4-n4c5cc(-c6ccccc6)ccc5c5ccc(-c6ccccc6)cc54)c3)c3cc4ccccc4c4ccccc34)c2)cc1. The molecule has 0 N–H and O–H groups in total. The van der Waals surface area contributed by atoms with Gasteiger partial charge in [0.05, 0.1) is 22.4 Å². The van der Waals surface area contributed by atoms with Crippen LogP contribution in [0.1, 0.15) is 0 Å². The fourth-order valence-electron chi connectivity index (χ4n) is 9.73. The van der Waals surface area contributed by atoms with Crippen molar-refractivity contribution in [1.82, 2.24) is 4.57 Å². The van der Waals surface area contributed by atoms with E-state index in [1.165, 1.54) is 76.7 Å². The first kappa shape index (κ1) is 37.3. The molecule has 0 saturated carbocycles. The zero-order chi connectivity index (χ0) is 42.4. The Kier molecular flexibility index (Phi) is 9.20. The smallest absolute Gasteiger partial charge is 0.0547 e. The molecule has 0 fully saturated rings. The lowest BCUT2D eigenvalue weighted by Gasteiger charge is -2.28. The molecule has 0 radical (unpaired) electrons. The van der Waals surface area contributed by atoms with Crippen molar-refractivity contribution < 1.29 is 0 Å². The standard InChI is InChI=1S/C62H42N2/c1-4-18-43(19-5-1)46-25-16-27-51(38-46)63(60-42-50-24-10-11-29-53(50)55-31-12-13-32-56(55)60)52-28-17-26-49(39-52)54-30-14-15-33-59(54)64-61-40-47(44-20-6-2-7-21-44)34-36-57(61)58-37-35-48(41-62(58)64)45-22-8-3-9-23-45/h1-42H. The van der Waals surface area contributed by atoms with Crippen LogP contribution in [0.15, 0.2) is 255 Å². The van der Waals surface area contributed by atoms with Crippen LogP contribution in [0.25, 0.3) is 93.5 Å². The third kappa shape index (κ3) is 6.52. The number of fused-ring (bicyclic) bond motifs is 6. The number of para-hydroxylation sites is 1. The molecule has 0 amide bonds. The van der Waals surface area contributed by atoms with Gasteiger partial charge in [-0.25, -0.2) is 0 Å². The summed E-state index contributed by atoms with van der Waals surface area (Å²) in [6, 6.07) is 92.8. The van der Waals surface area contributed by atoms with Gasteiger partial charge in [-0.3, -0.25) is 0 Å². The normalized spacial score (nSPS) is 11.4. The number of nitrogens with zero attached hydrogens (tertiary/aromatic N) is 2. The molecule has 64 heavy (non-hydrogen) atoms. The van der Waals surface area contributed by atoms with E-state index < -0.39 is 0 Å². The summed E-state index contributed by atoms with van der Waals surface area (Å²) in [5, 5.41) is 7.34. The van der Waals surface area contributed by atoms with E-state index in [0.717, 1.165) is 33.9 Å². The molecular formula is C62H42N2. The van der Waals surface area contributed by atoms with Gasteiger partial charge in [0.25, 0.3) is 0 Å². The van der Waals surface area contributed by atoms with Crippen LogP contribution < -0.4 is 4.90 Å². The molecule has 300 valence electrons. The van der Waals surface area contributed by atoms with Crippen molar-refractivity contribution in [3.63, 3.8) is 0 Å². The predicted molar refractivity (Wildman–Crippen MR) is 272 cm³/mol. The first-order valence-electron chi connectivity index (χ1n) is 22.0. The van der Waals surface area contributed by atoms with Crippen LogP contribution in [0.2, 0.25) is 0 Å².